The van der Waals surface area contributed by atoms with Gasteiger partial charge in [0, 0.05) is 22.9 Å². The van der Waals surface area contributed by atoms with Gasteiger partial charge < -0.3 is 19.8 Å². The van der Waals surface area contributed by atoms with Crippen LogP contribution in [0.15, 0.2) is 24.3 Å². The highest BCUT2D eigenvalue weighted by Crippen LogP contribution is 2.62. The van der Waals surface area contributed by atoms with E-state index in [9.17, 15) is 10.2 Å². The number of aliphatic hydroxyl groups is 1. The summed E-state index contributed by atoms with van der Waals surface area (Å²) < 4.78 is 6.09. The summed E-state index contributed by atoms with van der Waals surface area (Å²) in [5, 5.41) is 20.6. The van der Waals surface area contributed by atoms with Crippen LogP contribution < -0.4 is 4.74 Å². The topological polar surface area (TPSA) is 52.9 Å². The van der Waals surface area contributed by atoms with Crippen LogP contribution in [0, 0.1) is 5.92 Å². The molecular weight excluding hydrogens is 266 g/mol. The third kappa shape index (κ3) is 1.21. The van der Waals surface area contributed by atoms with Crippen LogP contribution in [0.25, 0.3) is 0 Å². The molecule has 2 N–H and O–H groups in total. The summed E-state index contributed by atoms with van der Waals surface area (Å²) in [6.45, 7) is 1.01. The summed E-state index contributed by atoms with van der Waals surface area (Å²) in [6, 6.07) is 4.23. The fourth-order valence-electron chi connectivity index (χ4n) is 5.24. The Balaban J connectivity index is 1.84. The molecule has 2 heterocycles. The Hall–Kier alpha value is -1.52. The van der Waals surface area contributed by atoms with Crippen molar-refractivity contribution in [2.45, 2.75) is 36.5 Å². The molecule has 1 fully saturated rings. The molecular formula is C17H19NO3. The summed E-state index contributed by atoms with van der Waals surface area (Å²) in [5.41, 5.74) is 2.29. The van der Waals surface area contributed by atoms with Gasteiger partial charge in [0.2, 0.25) is 0 Å². The molecule has 21 heavy (non-hydrogen) atoms. The van der Waals surface area contributed by atoms with E-state index in [-0.39, 0.29) is 17.3 Å². The van der Waals surface area contributed by atoms with Gasteiger partial charge in [-0.05, 0) is 38.1 Å². The first-order valence-corrected chi connectivity index (χ1v) is 7.71. The van der Waals surface area contributed by atoms with Gasteiger partial charge in [-0.15, -0.1) is 0 Å². The molecule has 4 unspecified atom stereocenters. The zero-order chi connectivity index (χ0) is 14.4. The Morgan fingerprint density at radius 2 is 2.19 bits per heavy atom. The largest absolute Gasteiger partial charge is 0.504 e. The number of likely N-dealkylation sites (tertiary alicyclic amines) is 1. The fourth-order valence-corrected chi connectivity index (χ4v) is 5.24. The molecule has 1 spiro atoms. The van der Waals surface area contributed by atoms with Crippen molar-refractivity contribution in [2.75, 3.05) is 13.6 Å². The molecule has 1 aromatic carbocycles. The quantitative estimate of drug-likeness (QED) is 0.703. The summed E-state index contributed by atoms with van der Waals surface area (Å²) in [5.74, 6) is 1.19. The predicted octanol–water partition coefficient (Wildman–Crippen LogP) is 1.20. The molecule has 2 aliphatic heterocycles. The summed E-state index contributed by atoms with van der Waals surface area (Å²) in [4.78, 5) is 2.43. The van der Waals surface area contributed by atoms with Crippen LogP contribution >= 0.6 is 0 Å². The zero-order valence-electron chi connectivity index (χ0n) is 12.0. The molecule has 4 nitrogen and oxygen atoms in total. The lowest BCUT2D eigenvalue weighted by atomic mass is 9.53. The van der Waals surface area contributed by atoms with Crippen molar-refractivity contribution in [1.82, 2.24) is 4.90 Å². The van der Waals surface area contributed by atoms with Crippen molar-refractivity contribution >= 4 is 0 Å². The number of likely N-dealkylation sites (N-methyl/N-ethyl adjacent to an activating group) is 1. The summed E-state index contributed by atoms with van der Waals surface area (Å²) >= 11 is 0. The average Bonchev–Trinajstić information content (AvgIpc) is 2.83. The second-order valence-electron chi connectivity index (χ2n) is 6.93. The minimum absolute atomic E-state index is 0.160. The SMILES string of the molecule is CN1CCC23c4c5ccc(O)c4OC2C(O)C=CC3[C@H]1C5. The number of aliphatic hydroxyl groups excluding tert-OH is 1. The van der Waals surface area contributed by atoms with Crippen LogP contribution in [0.4, 0.5) is 0 Å². The molecule has 0 saturated carbocycles. The molecule has 1 saturated heterocycles. The molecule has 1 aromatic rings. The number of rotatable bonds is 0. The molecule has 0 radical (unpaired) electrons. The maximum Gasteiger partial charge on any atom is 0.165 e. The number of hydrogen-bond donors (Lipinski definition) is 2. The van der Waals surface area contributed by atoms with Crippen molar-refractivity contribution in [1.29, 1.82) is 0 Å². The Bertz CT molecular complexity index is 670. The maximum atomic E-state index is 10.4. The monoisotopic (exact) mass is 285 g/mol. The van der Waals surface area contributed by atoms with E-state index in [2.05, 4.69) is 18.0 Å². The predicted molar refractivity (Wildman–Crippen MR) is 77.6 cm³/mol. The molecule has 0 aromatic heterocycles. The zero-order valence-corrected chi connectivity index (χ0v) is 12.0. The number of phenols is 1. The highest BCUT2D eigenvalue weighted by atomic mass is 16.5. The van der Waals surface area contributed by atoms with Gasteiger partial charge in [-0.2, -0.15) is 0 Å². The first-order valence-electron chi connectivity index (χ1n) is 7.71. The molecule has 4 aliphatic rings. The Morgan fingerprint density at radius 3 is 3.05 bits per heavy atom. The summed E-state index contributed by atoms with van der Waals surface area (Å²) in [7, 11) is 2.19. The standard InChI is InChI=1S/C17H19NO3/c1-18-7-6-17-10-3-5-13(20)16(17)21-15-12(19)4-2-9(14(15)17)8-11(10)18/h2-5,10-11,13,16,19-20H,6-8H2,1H3/t10?,11-,13?,16?,17?/m1/s1. The van der Waals surface area contributed by atoms with Gasteiger partial charge in [0.25, 0.3) is 0 Å². The molecule has 5 rings (SSSR count). The minimum Gasteiger partial charge on any atom is -0.504 e. The Kier molecular flexibility index (Phi) is 2.08. The fraction of sp³-hybridized carbons (Fsp3) is 0.529. The second kappa shape index (κ2) is 3.62. The van der Waals surface area contributed by atoms with E-state index in [1.54, 1.807) is 6.07 Å². The van der Waals surface area contributed by atoms with Crippen molar-refractivity contribution in [3.05, 3.63) is 35.4 Å². The third-order valence-corrected chi connectivity index (χ3v) is 6.15. The third-order valence-electron chi connectivity index (χ3n) is 6.15. The van der Waals surface area contributed by atoms with Gasteiger partial charge >= 0.3 is 0 Å². The van der Waals surface area contributed by atoms with Crippen LogP contribution in [0.3, 0.4) is 0 Å². The number of phenolic OH excluding ortho intramolecular Hbond substituents is 1. The van der Waals surface area contributed by atoms with Crippen LogP contribution in [-0.2, 0) is 11.8 Å². The van der Waals surface area contributed by atoms with Gasteiger partial charge in [-0.3, -0.25) is 0 Å². The van der Waals surface area contributed by atoms with E-state index >= 15 is 0 Å². The Labute approximate surface area is 123 Å². The molecule has 0 amide bonds. The highest BCUT2D eigenvalue weighted by Gasteiger charge is 2.64. The van der Waals surface area contributed by atoms with Gasteiger partial charge in [-0.1, -0.05) is 18.2 Å². The first-order chi connectivity index (χ1) is 10.1. The van der Waals surface area contributed by atoms with Crippen LogP contribution in [0.5, 0.6) is 11.5 Å². The lowest BCUT2D eigenvalue weighted by molar-refractivity contribution is -0.0453. The molecule has 110 valence electrons. The average molecular weight is 285 g/mol. The lowest BCUT2D eigenvalue weighted by Crippen LogP contribution is -2.64. The smallest absolute Gasteiger partial charge is 0.165 e. The molecule has 2 aliphatic carbocycles. The first kappa shape index (κ1) is 12.1. The number of benzene rings is 1. The van der Waals surface area contributed by atoms with E-state index in [0.717, 1.165) is 19.4 Å². The van der Waals surface area contributed by atoms with E-state index in [4.69, 9.17) is 4.74 Å². The van der Waals surface area contributed by atoms with E-state index < -0.39 is 6.10 Å². The van der Waals surface area contributed by atoms with Crippen molar-refractivity contribution in [3.63, 3.8) is 0 Å². The summed E-state index contributed by atoms with van der Waals surface area (Å²) in [6.07, 6.45) is 5.18. The number of aromatic hydroxyl groups is 1. The maximum absolute atomic E-state index is 10.4. The van der Waals surface area contributed by atoms with Crippen LogP contribution in [0.1, 0.15) is 17.5 Å². The number of hydrogen-bond acceptors (Lipinski definition) is 4. The number of nitrogens with zero attached hydrogens (tertiary/aromatic N) is 1. The molecule has 2 bridgehead atoms. The van der Waals surface area contributed by atoms with Crippen molar-refractivity contribution < 1.29 is 14.9 Å². The lowest BCUT2D eigenvalue weighted by Gasteiger charge is -2.56. The van der Waals surface area contributed by atoms with E-state index in [1.807, 2.05) is 12.1 Å². The number of piperidine rings is 1. The second-order valence-corrected chi connectivity index (χ2v) is 6.93. The van der Waals surface area contributed by atoms with Gasteiger partial charge in [0.1, 0.15) is 12.2 Å². The van der Waals surface area contributed by atoms with E-state index in [0.29, 0.717) is 17.7 Å². The molecule has 5 atom stereocenters. The van der Waals surface area contributed by atoms with Crippen molar-refractivity contribution in [3.8, 4) is 11.5 Å². The highest BCUT2D eigenvalue weighted by molar-refractivity contribution is 5.61. The minimum atomic E-state index is -0.594. The number of ether oxygens (including phenoxy) is 1. The van der Waals surface area contributed by atoms with Crippen LogP contribution in [-0.4, -0.2) is 47.0 Å². The molecule has 4 heteroatoms. The van der Waals surface area contributed by atoms with Crippen molar-refractivity contribution in [2.24, 2.45) is 5.92 Å². The normalized spacial score (nSPS) is 42.6. The van der Waals surface area contributed by atoms with Crippen LogP contribution in [0.2, 0.25) is 0 Å². The van der Waals surface area contributed by atoms with Gasteiger partial charge in [-0.25, -0.2) is 0 Å². The van der Waals surface area contributed by atoms with Gasteiger partial charge in [0.15, 0.2) is 11.5 Å². The van der Waals surface area contributed by atoms with Gasteiger partial charge in [0.05, 0.1) is 0 Å². The van der Waals surface area contributed by atoms with E-state index in [1.165, 1.54) is 11.1 Å². The Morgan fingerprint density at radius 1 is 1.33 bits per heavy atom.